The molecule has 0 saturated carbocycles. The lowest BCUT2D eigenvalue weighted by Crippen LogP contribution is -2.38. The highest BCUT2D eigenvalue weighted by Crippen LogP contribution is 2.26. The summed E-state index contributed by atoms with van der Waals surface area (Å²) in [4.78, 5) is 25.4. The first-order chi connectivity index (χ1) is 13.1. The summed E-state index contributed by atoms with van der Waals surface area (Å²) in [6.07, 6.45) is 1.67. The van der Waals surface area contributed by atoms with Crippen LogP contribution in [-0.4, -0.2) is 43.7 Å². The molecule has 1 amide bonds. The highest BCUT2D eigenvalue weighted by molar-refractivity contribution is 6.00. The quantitative estimate of drug-likeness (QED) is 0.461. The van der Waals surface area contributed by atoms with Gasteiger partial charge in [0.05, 0.1) is 29.4 Å². The van der Waals surface area contributed by atoms with E-state index in [9.17, 15) is 14.9 Å². The summed E-state index contributed by atoms with van der Waals surface area (Å²) >= 11 is 0. The standard InChI is InChI=1S/C20H23N3O4/c24-20(21-10-4-7-16-5-2-1-3-6-16)18-15-17(23(25)26)8-9-19(18)22-11-13-27-14-12-22/h1-3,5-6,8-9,15H,4,7,10-14H2,(H,21,24). The van der Waals surface area contributed by atoms with E-state index in [1.807, 2.05) is 23.1 Å². The molecule has 1 aliphatic rings. The van der Waals surface area contributed by atoms with Crippen molar-refractivity contribution in [3.8, 4) is 0 Å². The zero-order valence-electron chi connectivity index (χ0n) is 15.1. The van der Waals surface area contributed by atoms with E-state index in [1.165, 1.54) is 17.7 Å². The van der Waals surface area contributed by atoms with Gasteiger partial charge in [0, 0.05) is 31.8 Å². The number of amides is 1. The summed E-state index contributed by atoms with van der Waals surface area (Å²) in [6, 6.07) is 14.5. The Morgan fingerprint density at radius 1 is 1.15 bits per heavy atom. The Labute approximate surface area is 158 Å². The summed E-state index contributed by atoms with van der Waals surface area (Å²) in [5.74, 6) is -0.284. The van der Waals surface area contributed by atoms with Gasteiger partial charge in [0.25, 0.3) is 11.6 Å². The molecule has 0 aromatic heterocycles. The fraction of sp³-hybridized carbons (Fsp3) is 0.350. The fourth-order valence-corrected chi connectivity index (χ4v) is 3.13. The van der Waals surface area contributed by atoms with Gasteiger partial charge in [-0.1, -0.05) is 30.3 Å². The number of carbonyl (C=O) groups is 1. The van der Waals surface area contributed by atoms with E-state index in [4.69, 9.17) is 4.74 Å². The van der Waals surface area contributed by atoms with Gasteiger partial charge in [0.2, 0.25) is 0 Å². The molecule has 3 rings (SSSR count). The number of nitrogens with zero attached hydrogens (tertiary/aromatic N) is 2. The number of hydrogen-bond donors (Lipinski definition) is 1. The largest absolute Gasteiger partial charge is 0.378 e. The normalized spacial score (nSPS) is 14.0. The van der Waals surface area contributed by atoms with Gasteiger partial charge in [-0.3, -0.25) is 14.9 Å². The number of benzene rings is 2. The van der Waals surface area contributed by atoms with E-state index >= 15 is 0 Å². The summed E-state index contributed by atoms with van der Waals surface area (Å²) in [6.45, 7) is 2.99. The molecule has 0 radical (unpaired) electrons. The van der Waals surface area contributed by atoms with Crippen molar-refractivity contribution in [3.63, 3.8) is 0 Å². The van der Waals surface area contributed by atoms with Gasteiger partial charge >= 0.3 is 0 Å². The van der Waals surface area contributed by atoms with Gasteiger partial charge in [0.1, 0.15) is 0 Å². The molecular formula is C20H23N3O4. The number of aryl methyl sites for hydroxylation is 1. The van der Waals surface area contributed by atoms with Crippen LogP contribution in [0.25, 0.3) is 0 Å². The van der Waals surface area contributed by atoms with Crippen molar-refractivity contribution in [2.75, 3.05) is 37.7 Å². The SMILES string of the molecule is O=C(NCCCc1ccccc1)c1cc([N+](=O)[O-])ccc1N1CCOCC1. The average molecular weight is 369 g/mol. The Kier molecular flexibility index (Phi) is 6.38. The minimum Gasteiger partial charge on any atom is -0.378 e. The zero-order valence-corrected chi connectivity index (χ0v) is 15.1. The maximum atomic E-state index is 12.7. The smallest absolute Gasteiger partial charge is 0.270 e. The van der Waals surface area contributed by atoms with Crippen molar-refractivity contribution >= 4 is 17.3 Å². The van der Waals surface area contributed by atoms with Crippen LogP contribution in [-0.2, 0) is 11.2 Å². The van der Waals surface area contributed by atoms with Crippen molar-refractivity contribution < 1.29 is 14.5 Å². The molecule has 1 saturated heterocycles. The Hall–Kier alpha value is -2.93. The zero-order chi connectivity index (χ0) is 19.1. The van der Waals surface area contributed by atoms with Crippen molar-refractivity contribution in [3.05, 3.63) is 69.8 Å². The van der Waals surface area contributed by atoms with Gasteiger partial charge in [-0.2, -0.15) is 0 Å². The second-order valence-corrected chi connectivity index (χ2v) is 6.40. The predicted molar refractivity (Wildman–Crippen MR) is 103 cm³/mol. The number of hydrogen-bond acceptors (Lipinski definition) is 5. The lowest BCUT2D eigenvalue weighted by Gasteiger charge is -2.30. The first-order valence-electron chi connectivity index (χ1n) is 9.08. The molecule has 2 aromatic rings. The summed E-state index contributed by atoms with van der Waals surface area (Å²) in [5.41, 5.74) is 2.19. The molecule has 0 unspecified atom stereocenters. The lowest BCUT2D eigenvalue weighted by molar-refractivity contribution is -0.384. The van der Waals surface area contributed by atoms with Crippen LogP contribution in [0.2, 0.25) is 0 Å². The van der Waals surface area contributed by atoms with E-state index in [2.05, 4.69) is 17.4 Å². The van der Waals surface area contributed by atoms with Crippen molar-refractivity contribution in [2.45, 2.75) is 12.8 Å². The fourth-order valence-electron chi connectivity index (χ4n) is 3.13. The molecular weight excluding hydrogens is 346 g/mol. The molecule has 0 spiro atoms. The molecule has 7 heteroatoms. The minimum absolute atomic E-state index is 0.0820. The third-order valence-corrected chi connectivity index (χ3v) is 4.56. The van der Waals surface area contributed by atoms with Crippen LogP contribution in [0.5, 0.6) is 0 Å². The second kappa shape index (κ2) is 9.14. The summed E-state index contributed by atoms with van der Waals surface area (Å²) in [7, 11) is 0. The topological polar surface area (TPSA) is 84.7 Å². The van der Waals surface area contributed by atoms with Gasteiger partial charge in [-0.05, 0) is 24.5 Å². The van der Waals surface area contributed by atoms with Crippen molar-refractivity contribution in [2.24, 2.45) is 0 Å². The molecule has 1 aliphatic heterocycles. The molecule has 1 heterocycles. The lowest BCUT2D eigenvalue weighted by atomic mass is 10.1. The molecule has 27 heavy (non-hydrogen) atoms. The van der Waals surface area contributed by atoms with Crippen LogP contribution in [0, 0.1) is 10.1 Å². The maximum Gasteiger partial charge on any atom is 0.270 e. The molecule has 0 atom stereocenters. The van der Waals surface area contributed by atoms with E-state index in [0.717, 1.165) is 12.8 Å². The number of non-ortho nitro benzene ring substituents is 1. The number of ether oxygens (including phenoxy) is 1. The summed E-state index contributed by atoms with van der Waals surface area (Å²) < 4.78 is 5.35. The molecule has 7 nitrogen and oxygen atoms in total. The van der Waals surface area contributed by atoms with Gasteiger partial charge in [-0.25, -0.2) is 0 Å². The van der Waals surface area contributed by atoms with E-state index in [1.54, 1.807) is 6.07 Å². The molecule has 0 aliphatic carbocycles. The van der Waals surface area contributed by atoms with E-state index in [-0.39, 0.29) is 11.6 Å². The Morgan fingerprint density at radius 3 is 2.59 bits per heavy atom. The third kappa shape index (κ3) is 5.04. The Balaban J connectivity index is 1.67. The minimum atomic E-state index is -0.477. The maximum absolute atomic E-state index is 12.7. The van der Waals surface area contributed by atoms with Crippen LogP contribution in [0.4, 0.5) is 11.4 Å². The number of nitrogens with one attached hydrogen (secondary N) is 1. The monoisotopic (exact) mass is 369 g/mol. The van der Waals surface area contributed by atoms with Crippen LogP contribution in [0.3, 0.4) is 0 Å². The number of morpholine rings is 1. The summed E-state index contributed by atoms with van der Waals surface area (Å²) in [5, 5.41) is 14.0. The number of anilines is 1. The Morgan fingerprint density at radius 2 is 1.89 bits per heavy atom. The molecule has 1 N–H and O–H groups in total. The molecule has 1 fully saturated rings. The second-order valence-electron chi connectivity index (χ2n) is 6.40. The van der Waals surface area contributed by atoms with Crippen LogP contribution in [0.1, 0.15) is 22.3 Å². The highest BCUT2D eigenvalue weighted by atomic mass is 16.6. The highest BCUT2D eigenvalue weighted by Gasteiger charge is 2.21. The van der Waals surface area contributed by atoms with Gasteiger partial charge in [0.15, 0.2) is 0 Å². The number of rotatable bonds is 7. The number of nitro groups is 1. The van der Waals surface area contributed by atoms with Crippen molar-refractivity contribution in [1.82, 2.24) is 5.32 Å². The van der Waals surface area contributed by atoms with E-state index < -0.39 is 4.92 Å². The van der Waals surface area contributed by atoms with Crippen LogP contribution >= 0.6 is 0 Å². The first-order valence-corrected chi connectivity index (χ1v) is 9.08. The van der Waals surface area contributed by atoms with Crippen LogP contribution in [0.15, 0.2) is 48.5 Å². The van der Waals surface area contributed by atoms with Crippen molar-refractivity contribution in [1.29, 1.82) is 0 Å². The van der Waals surface area contributed by atoms with Gasteiger partial charge < -0.3 is 15.0 Å². The van der Waals surface area contributed by atoms with E-state index in [0.29, 0.717) is 44.1 Å². The van der Waals surface area contributed by atoms with Gasteiger partial charge in [-0.15, -0.1) is 0 Å². The van der Waals surface area contributed by atoms with Crippen LogP contribution < -0.4 is 10.2 Å². The molecule has 2 aromatic carbocycles. The number of nitro benzene ring substituents is 1. The first kappa shape index (κ1) is 18.8. The predicted octanol–water partition coefficient (Wildman–Crippen LogP) is 2.79. The third-order valence-electron chi connectivity index (χ3n) is 4.56. The molecule has 0 bridgehead atoms. The molecule has 142 valence electrons. The number of carbonyl (C=O) groups excluding carboxylic acids is 1. The Bertz CT molecular complexity index is 789. The average Bonchev–Trinajstić information content (AvgIpc) is 2.72.